The highest BCUT2D eigenvalue weighted by atomic mass is 16.3. The smallest absolute Gasteiger partial charge is 0.135 e. The maximum atomic E-state index is 6.43. The lowest BCUT2D eigenvalue weighted by atomic mass is 9.95. The van der Waals surface area contributed by atoms with Gasteiger partial charge in [-0.2, -0.15) is 0 Å². The Labute approximate surface area is 375 Å². The van der Waals surface area contributed by atoms with Crippen LogP contribution < -0.4 is 4.90 Å². The third kappa shape index (κ3) is 6.14. The lowest BCUT2D eigenvalue weighted by molar-refractivity contribution is 0.668. The van der Waals surface area contributed by atoms with Gasteiger partial charge in [0, 0.05) is 61.5 Å². The number of allylic oxidation sites excluding steroid dienone is 4. The van der Waals surface area contributed by atoms with Gasteiger partial charge in [-0.3, -0.25) is 0 Å². The number of para-hydroxylation sites is 4. The molecule has 4 heteroatoms. The summed E-state index contributed by atoms with van der Waals surface area (Å²) in [6, 6.07) is 69.8. The summed E-state index contributed by atoms with van der Waals surface area (Å²) in [5.74, 6) is 0. The minimum Gasteiger partial charge on any atom is -0.456 e. The number of aromatic nitrogens is 1. The molecule has 0 radical (unpaired) electrons. The monoisotopic (exact) mass is 832 g/mol. The Kier molecular flexibility index (Phi) is 8.40. The van der Waals surface area contributed by atoms with Gasteiger partial charge in [0.05, 0.1) is 11.0 Å². The molecule has 0 saturated heterocycles. The largest absolute Gasteiger partial charge is 0.456 e. The Morgan fingerprint density at radius 1 is 0.385 bits per heavy atom. The fraction of sp³-hybridized carbons (Fsp3) is 0.0164. The first kappa shape index (κ1) is 37.0. The molecule has 0 N–H and O–H groups in total. The number of fused-ring (bicyclic) bond motifs is 10. The Balaban J connectivity index is 0.914. The molecule has 13 rings (SSSR count). The first-order valence-corrected chi connectivity index (χ1v) is 22.1. The third-order valence-corrected chi connectivity index (χ3v) is 13.2. The van der Waals surface area contributed by atoms with Crippen LogP contribution in [-0.2, 0) is 0 Å². The van der Waals surface area contributed by atoms with Gasteiger partial charge in [-0.25, -0.2) is 0 Å². The highest BCUT2D eigenvalue weighted by Gasteiger charge is 2.19. The van der Waals surface area contributed by atoms with Crippen LogP contribution in [-0.4, -0.2) is 11.1 Å². The topological polar surface area (TPSA) is 34.5 Å². The van der Waals surface area contributed by atoms with E-state index in [0.717, 1.165) is 112 Å². The van der Waals surface area contributed by atoms with Crippen molar-refractivity contribution in [1.29, 1.82) is 0 Å². The van der Waals surface area contributed by atoms with Crippen LogP contribution in [0.3, 0.4) is 0 Å². The molecule has 0 bridgehead atoms. The summed E-state index contributed by atoms with van der Waals surface area (Å²) < 4.78 is 15.1. The van der Waals surface area contributed by atoms with Crippen molar-refractivity contribution in [2.24, 2.45) is 0 Å². The molecule has 65 heavy (non-hydrogen) atoms. The number of furan rings is 2. The van der Waals surface area contributed by atoms with E-state index in [1.54, 1.807) is 0 Å². The van der Waals surface area contributed by atoms with Crippen LogP contribution >= 0.6 is 0 Å². The SMILES string of the molecule is C=C1/C=C\C=C/CN(c2ccc3oc4ccc(-c5ccc(-c6cc(-c7ccc8oc9ccccc9c8c7)cc(-n7c8ccccc8c8ccccc87)c6)cc5)cc4c3c2)c2ccccc21. The standard InChI is InChI=1S/C61H40N2O2/c1-39-13-3-2-12-32-62(55-18-8-4-14-48(39)55)46-28-31-61-54(38-46)53-36-42(26-29-60(53)65-61)40-22-24-41(25-23-40)44-33-45(43-27-30-59-52(37-43)51-17-7-11-21-58(51)64-59)35-47(34-44)63-56-19-9-5-15-49(56)50-16-6-10-20-57(50)63/h2-31,33-38H,1,32H2/b12-2-,13-3-. The Morgan fingerprint density at radius 3 is 1.63 bits per heavy atom. The molecule has 9 aromatic carbocycles. The second-order valence-electron chi connectivity index (χ2n) is 17.0. The fourth-order valence-electron chi connectivity index (χ4n) is 9.98. The van der Waals surface area contributed by atoms with Crippen LogP contribution in [0.5, 0.6) is 0 Å². The molecule has 3 aromatic heterocycles. The average molecular weight is 833 g/mol. The molecular formula is C61H40N2O2. The maximum Gasteiger partial charge on any atom is 0.135 e. The lowest BCUT2D eigenvalue weighted by Gasteiger charge is -2.26. The van der Waals surface area contributed by atoms with E-state index in [4.69, 9.17) is 8.83 Å². The third-order valence-electron chi connectivity index (χ3n) is 13.2. The molecule has 1 aliphatic heterocycles. The summed E-state index contributed by atoms with van der Waals surface area (Å²) in [5, 5.41) is 6.89. The maximum absolute atomic E-state index is 6.43. The highest BCUT2D eigenvalue weighted by Crippen LogP contribution is 2.41. The van der Waals surface area contributed by atoms with Crippen molar-refractivity contribution in [3.8, 4) is 39.1 Å². The van der Waals surface area contributed by atoms with Gasteiger partial charge in [-0.15, -0.1) is 0 Å². The van der Waals surface area contributed by atoms with Crippen LogP contribution in [0.2, 0.25) is 0 Å². The highest BCUT2D eigenvalue weighted by molar-refractivity contribution is 6.10. The summed E-state index contributed by atoms with van der Waals surface area (Å²) in [7, 11) is 0. The van der Waals surface area contributed by atoms with Crippen LogP contribution in [0.4, 0.5) is 11.4 Å². The van der Waals surface area contributed by atoms with E-state index in [2.05, 4.69) is 222 Å². The molecule has 4 heterocycles. The Hall–Kier alpha value is -8.60. The van der Waals surface area contributed by atoms with Gasteiger partial charge in [-0.05, 0) is 124 Å². The predicted octanol–water partition coefficient (Wildman–Crippen LogP) is 16.9. The molecule has 12 aromatic rings. The molecule has 0 spiro atoms. The fourth-order valence-corrected chi connectivity index (χ4v) is 9.98. The van der Waals surface area contributed by atoms with E-state index in [1.165, 1.54) is 21.8 Å². The zero-order valence-corrected chi connectivity index (χ0v) is 35.4. The van der Waals surface area contributed by atoms with E-state index in [0.29, 0.717) is 0 Å². The molecular weight excluding hydrogens is 793 g/mol. The molecule has 0 aliphatic carbocycles. The van der Waals surface area contributed by atoms with Gasteiger partial charge in [-0.1, -0.05) is 140 Å². The molecule has 0 amide bonds. The van der Waals surface area contributed by atoms with Gasteiger partial charge in [0.15, 0.2) is 0 Å². The summed E-state index contributed by atoms with van der Waals surface area (Å²) in [6.07, 6.45) is 8.42. The number of nitrogens with zero attached hydrogens (tertiary/aromatic N) is 2. The van der Waals surface area contributed by atoms with Crippen molar-refractivity contribution in [2.45, 2.75) is 0 Å². The number of rotatable bonds is 5. The molecule has 306 valence electrons. The van der Waals surface area contributed by atoms with Crippen molar-refractivity contribution in [2.75, 3.05) is 11.4 Å². The lowest BCUT2D eigenvalue weighted by Crippen LogP contribution is -2.18. The van der Waals surface area contributed by atoms with Crippen molar-refractivity contribution in [1.82, 2.24) is 4.57 Å². The minimum absolute atomic E-state index is 0.730. The molecule has 0 atom stereocenters. The molecule has 0 saturated carbocycles. The molecule has 0 unspecified atom stereocenters. The van der Waals surface area contributed by atoms with Gasteiger partial charge >= 0.3 is 0 Å². The second kappa shape index (κ2) is 14.8. The Bertz CT molecular complexity index is 3890. The summed E-state index contributed by atoms with van der Waals surface area (Å²) >= 11 is 0. The van der Waals surface area contributed by atoms with Crippen LogP contribution in [0.25, 0.3) is 110 Å². The second-order valence-corrected chi connectivity index (χ2v) is 17.0. The van der Waals surface area contributed by atoms with E-state index in [1.807, 2.05) is 12.1 Å². The molecule has 4 nitrogen and oxygen atoms in total. The predicted molar refractivity (Wildman–Crippen MR) is 272 cm³/mol. The van der Waals surface area contributed by atoms with Crippen molar-refractivity contribution in [3.05, 3.63) is 231 Å². The van der Waals surface area contributed by atoms with Crippen molar-refractivity contribution >= 4 is 82.6 Å². The van der Waals surface area contributed by atoms with E-state index in [9.17, 15) is 0 Å². The van der Waals surface area contributed by atoms with Crippen molar-refractivity contribution < 1.29 is 8.83 Å². The average Bonchev–Trinajstić information content (AvgIpc) is 4.05. The van der Waals surface area contributed by atoms with E-state index >= 15 is 0 Å². The number of hydrogen-bond acceptors (Lipinski definition) is 3. The summed E-state index contributed by atoms with van der Waals surface area (Å²) in [6.45, 7) is 5.10. The van der Waals surface area contributed by atoms with Gasteiger partial charge in [0.25, 0.3) is 0 Å². The van der Waals surface area contributed by atoms with E-state index in [-0.39, 0.29) is 0 Å². The first-order valence-electron chi connectivity index (χ1n) is 22.1. The zero-order valence-electron chi connectivity index (χ0n) is 35.4. The number of hydrogen-bond donors (Lipinski definition) is 0. The number of benzene rings is 9. The molecule has 1 aliphatic rings. The first-order chi connectivity index (χ1) is 32.1. The number of anilines is 2. The van der Waals surface area contributed by atoms with Gasteiger partial charge < -0.3 is 18.3 Å². The van der Waals surface area contributed by atoms with Crippen LogP contribution in [0, 0.1) is 0 Å². The normalized spacial score (nSPS) is 14.0. The van der Waals surface area contributed by atoms with Crippen molar-refractivity contribution in [3.63, 3.8) is 0 Å². The summed E-state index contributed by atoms with van der Waals surface area (Å²) in [4.78, 5) is 2.35. The van der Waals surface area contributed by atoms with Gasteiger partial charge in [0.2, 0.25) is 0 Å². The quantitative estimate of drug-likeness (QED) is 0.173. The minimum atomic E-state index is 0.730. The van der Waals surface area contributed by atoms with Crippen LogP contribution in [0.15, 0.2) is 234 Å². The van der Waals surface area contributed by atoms with Crippen LogP contribution in [0.1, 0.15) is 5.56 Å². The van der Waals surface area contributed by atoms with E-state index < -0.39 is 0 Å². The zero-order chi connectivity index (χ0) is 43.0. The Morgan fingerprint density at radius 2 is 0.908 bits per heavy atom. The van der Waals surface area contributed by atoms with Gasteiger partial charge in [0.1, 0.15) is 22.3 Å². The summed E-state index contributed by atoms with van der Waals surface area (Å²) in [5.41, 5.74) is 18.2. The molecule has 0 fully saturated rings.